The van der Waals surface area contributed by atoms with Crippen LogP contribution in [0.4, 0.5) is 5.69 Å². The average molecular weight is 270 g/mol. The Morgan fingerprint density at radius 3 is 2.56 bits per heavy atom. The molecule has 0 aliphatic rings. The van der Waals surface area contributed by atoms with Gasteiger partial charge in [-0.25, -0.2) is 8.42 Å². The van der Waals surface area contributed by atoms with Gasteiger partial charge < -0.3 is 5.73 Å². The number of nitrogens with two attached hydrogens (primary N) is 1. The minimum absolute atomic E-state index is 0.0495. The fourth-order valence-corrected chi connectivity index (χ4v) is 2.75. The van der Waals surface area contributed by atoms with E-state index in [-0.39, 0.29) is 17.0 Å². The van der Waals surface area contributed by atoms with E-state index < -0.39 is 15.9 Å². The van der Waals surface area contributed by atoms with Crippen LogP contribution in [0.3, 0.4) is 0 Å². The van der Waals surface area contributed by atoms with Gasteiger partial charge >= 0.3 is 0 Å². The summed E-state index contributed by atoms with van der Waals surface area (Å²) in [5, 5.41) is 0. The Morgan fingerprint density at radius 2 is 1.94 bits per heavy atom. The Labute approximate surface area is 107 Å². The molecule has 0 aliphatic carbocycles. The first kappa shape index (κ1) is 14.5. The molecule has 0 spiro atoms. The third-order valence-corrected chi connectivity index (χ3v) is 3.83. The van der Waals surface area contributed by atoms with Crippen molar-refractivity contribution >= 4 is 21.6 Å². The summed E-state index contributed by atoms with van der Waals surface area (Å²) in [6.45, 7) is 2.00. The van der Waals surface area contributed by atoms with Crippen LogP contribution in [-0.2, 0) is 10.0 Å². The SMILES string of the molecule is CCCCCS(=O)(=O)Nc1ccccc1C(N)=O. The predicted molar refractivity (Wildman–Crippen MR) is 71.9 cm³/mol. The number of hydrogen-bond donors (Lipinski definition) is 2. The largest absolute Gasteiger partial charge is 0.366 e. The van der Waals surface area contributed by atoms with Crippen molar-refractivity contribution in [2.45, 2.75) is 26.2 Å². The molecule has 0 radical (unpaired) electrons. The average Bonchev–Trinajstić information content (AvgIpc) is 2.29. The van der Waals surface area contributed by atoms with Crippen LogP contribution in [0.5, 0.6) is 0 Å². The van der Waals surface area contributed by atoms with Crippen molar-refractivity contribution in [3.05, 3.63) is 29.8 Å². The first-order chi connectivity index (χ1) is 8.46. The molecule has 0 aliphatic heterocycles. The van der Waals surface area contributed by atoms with Gasteiger partial charge in [0.05, 0.1) is 17.0 Å². The fourth-order valence-electron chi connectivity index (χ4n) is 1.55. The maximum atomic E-state index is 11.8. The molecule has 3 N–H and O–H groups in total. The van der Waals surface area contributed by atoms with Gasteiger partial charge in [-0.2, -0.15) is 0 Å². The summed E-state index contributed by atoms with van der Waals surface area (Å²) in [7, 11) is -3.42. The number of nitrogens with one attached hydrogen (secondary N) is 1. The number of sulfonamides is 1. The molecule has 0 saturated carbocycles. The highest BCUT2D eigenvalue weighted by atomic mass is 32.2. The minimum Gasteiger partial charge on any atom is -0.366 e. The second-order valence-electron chi connectivity index (χ2n) is 4.04. The molecule has 0 atom stereocenters. The number of anilines is 1. The fraction of sp³-hybridized carbons (Fsp3) is 0.417. The zero-order valence-corrected chi connectivity index (χ0v) is 11.2. The van der Waals surface area contributed by atoms with Crippen LogP contribution in [-0.4, -0.2) is 20.1 Å². The molecule has 18 heavy (non-hydrogen) atoms. The highest BCUT2D eigenvalue weighted by Gasteiger charge is 2.14. The zero-order valence-electron chi connectivity index (χ0n) is 10.3. The van der Waals surface area contributed by atoms with Crippen molar-refractivity contribution in [3.63, 3.8) is 0 Å². The molecule has 6 heteroatoms. The number of benzene rings is 1. The normalized spacial score (nSPS) is 11.2. The maximum Gasteiger partial charge on any atom is 0.250 e. The van der Waals surface area contributed by atoms with E-state index in [2.05, 4.69) is 4.72 Å². The molecule has 0 fully saturated rings. The Morgan fingerprint density at radius 1 is 1.28 bits per heavy atom. The molecule has 1 rings (SSSR count). The molecule has 5 nitrogen and oxygen atoms in total. The number of carbonyl (C=O) groups excluding carboxylic acids is 1. The van der Waals surface area contributed by atoms with E-state index in [4.69, 9.17) is 5.73 Å². The van der Waals surface area contributed by atoms with Crippen molar-refractivity contribution in [2.75, 3.05) is 10.5 Å². The van der Waals surface area contributed by atoms with Crippen molar-refractivity contribution < 1.29 is 13.2 Å². The standard InChI is InChI=1S/C12H18N2O3S/c1-2-3-6-9-18(16,17)14-11-8-5-4-7-10(11)12(13)15/h4-5,7-8,14H,2-3,6,9H2,1H3,(H2,13,15). The quantitative estimate of drug-likeness (QED) is 0.739. The van der Waals surface area contributed by atoms with E-state index in [0.29, 0.717) is 6.42 Å². The number of hydrogen-bond acceptors (Lipinski definition) is 3. The molecule has 0 unspecified atom stereocenters. The van der Waals surface area contributed by atoms with Gasteiger partial charge in [0.15, 0.2) is 0 Å². The van der Waals surface area contributed by atoms with Gasteiger partial charge in [0.2, 0.25) is 10.0 Å². The van der Waals surface area contributed by atoms with Crippen molar-refractivity contribution in [1.82, 2.24) is 0 Å². The van der Waals surface area contributed by atoms with E-state index >= 15 is 0 Å². The summed E-state index contributed by atoms with van der Waals surface area (Å²) in [5.41, 5.74) is 5.60. The third kappa shape index (κ3) is 4.37. The summed E-state index contributed by atoms with van der Waals surface area (Å²) >= 11 is 0. The van der Waals surface area contributed by atoms with E-state index in [1.807, 2.05) is 6.92 Å². The summed E-state index contributed by atoms with van der Waals surface area (Å²) in [6.07, 6.45) is 2.41. The molecular weight excluding hydrogens is 252 g/mol. The molecule has 1 amide bonds. The monoisotopic (exact) mass is 270 g/mol. The lowest BCUT2D eigenvalue weighted by atomic mass is 10.2. The second kappa shape index (κ2) is 6.39. The predicted octanol–water partition coefficient (Wildman–Crippen LogP) is 1.72. The summed E-state index contributed by atoms with van der Waals surface area (Å²) in [5.74, 6) is -0.602. The van der Waals surface area contributed by atoms with Crippen LogP contribution in [0, 0.1) is 0 Å². The lowest BCUT2D eigenvalue weighted by Gasteiger charge is -2.10. The summed E-state index contributed by atoms with van der Waals surface area (Å²) in [4.78, 5) is 11.2. The van der Waals surface area contributed by atoms with Gasteiger partial charge in [0, 0.05) is 0 Å². The van der Waals surface area contributed by atoms with Crippen molar-refractivity contribution in [2.24, 2.45) is 5.73 Å². The smallest absolute Gasteiger partial charge is 0.250 e. The van der Waals surface area contributed by atoms with Gasteiger partial charge in [-0.3, -0.25) is 9.52 Å². The second-order valence-corrected chi connectivity index (χ2v) is 5.88. The lowest BCUT2D eigenvalue weighted by molar-refractivity contribution is 0.100. The molecular formula is C12H18N2O3S. The molecule has 100 valence electrons. The van der Waals surface area contributed by atoms with Crippen LogP contribution >= 0.6 is 0 Å². The van der Waals surface area contributed by atoms with Crippen LogP contribution in [0.2, 0.25) is 0 Å². The highest BCUT2D eigenvalue weighted by molar-refractivity contribution is 7.92. The Bertz CT molecular complexity index is 512. The molecule has 1 aromatic rings. The first-order valence-corrected chi connectivity index (χ1v) is 7.51. The van der Waals surface area contributed by atoms with Crippen LogP contribution in [0.1, 0.15) is 36.5 Å². The van der Waals surface area contributed by atoms with E-state index in [9.17, 15) is 13.2 Å². The number of para-hydroxylation sites is 1. The number of carbonyl (C=O) groups is 1. The van der Waals surface area contributed by atoms with Crippen LogP contribution < -0.4 is 10.5 Å². The molecule has 0 aromatic heterocycles. The van der Waals surface area contributed by atoms with Gasteiger partial charge in [0.25, 0.3) is 5.91 Å². The number of unbranched alkanes of at least 4 members (excludes halogenated alkanes) is 2. The number of amides is 1. The summed E-state index contributed by atoms with van der Waals surface area (Å²) in [6, 6.07) is 6.30. The van der Waals surface area contributed by atoms with Crippen LogP contribution in [0.25, 0.3) is 0 Å². The van der Waals surface area contributed by atoms with Gasteiger partial charge in [-0.05, 0) is 18.6 Å². The van der Waals surface area contributed by atoms with E-state index in [1.54, 1.807) is 12.1 Å². The first-order valence-electron chi connectivity index (χ1n) is 5.85. The molecule has 0 heterocycles. The molecule has 1 aromatic carbocycles. The van der Waals surface area contributed by atoms with Gasteiger partial charge in [-0.15, -0.1) is 0 Å². The topological polar surface area (TPSA) is 89.3 Å². The minimum atomic E-state index is -3.42. The van der Waals surface area contributed by atoms with E-state index in [0.717, 1.165) is 12.8 Å². The Kier molecular flexibility index (Phi) is 5.15. The third-order valence-electron chi connectivity index (χ3n) is 2.47. The maximum absolute atomic E-state index is 11.8. The van der Waals surface area contributed by atoms with Crippen LogP contribution in [0.15, 0.2) is 24.3 Å². The Balaban J connectivity index is 2.81. The van der Waals surface area contributed by atoms with Crippen molar-refractivity contribution in [3.8, 4) is 0 Å². The lowest BCUT2D eigenvalue weighted by Crippen LogP contribution is -2.20. The summed E-state index contributed by atoms with van der Waals surface area (Å²) < 4.78 is 26.0. The van der Waals surface area contributed by atoms with Gasteiger partial charge in [-0.1, -0.05) is 31.9 Å². The number of primary amides is 1. The highest BCUT2D eigenvalue weighted by Crippen LogP contribution is 2.16. The molecule has 0 bridgehead atoms. The zero-order chi connectivity index (χ0) is 13.6. The van der Waals surface area contributed by atoms with Crippen molar-refractivity contribution in [1.29, 1.82) is 0 Å². The van der Waals surface area contributed by atoms with Gasteiger partial charge in [0.1, 0.15) is 0 Å². The molecule has 0 saturated heterocycles. The Hall–Kier alpha value is -1.56. The van der Waals surface area contributed by atoms with E-state index in [1.165, 1.54) is 12.1 Å². The number of rotatable bonds is 7.